The maximum atomic E-state index is 5.99. The molecule has 1 spiro atoms. The van der Waals surface area contributed by atoms with Crippen molar-refractivity contribution in [1.29, 1.82) is 0 Å². The molecule has 15 heavy (non-hydrogen) atoms. The van der Waals surface area contributed by atoms with Gasteiger partial charge in [-0.3, -0.25) is 4.90 Å². The van der Waals surface area contributed by atoms with Crippen molar-refractivity contribution >= 4 is 0 Å². The third-order valence-electron chi connectivity index (χ3n) is 3.88. The van der Waals surface area contributed by atoms with E-state index in [1.165, 1.54) is 6.42 Å². The molecule has 0 radical (unpaired) electrons. The van der Waals surface area contributed by atoms with Crippen LogP contribution in [0.2, 0.25) is 0 Å². The molecule has 3 nitrogen and oxygen atoms in total. The Bertz CT molecular complexity index is 238. The minimum atomic E-state index is 0.136. The van der Waals surface area contributed by atoms with Crippen molar-refractivity contribution in [3.05, 3.63) is 0 Å². The maximum Gasteiger partial charge on any atom is 0.109 e. The highest BCUT2D eigenvalue weighted by Gasteiger charge is 2.55. The molecule has 0 aromatic rings. The van der Waals surface area contributed by atoms with E-state index in [9.17, 15) is 0 Å². The van der Waals surface area contributed by atoms with Crippen LogP contribution in [-0.4, -0.2) is 60.8 Å². The fraction of sp³-hybridized carbons (Fsp3) is 1.00. The monoisotopic (exact) mass is 212 g/mol. The third-order valence-corrected chi connectivity index (χ3v) is 3.88. The Kier molecular flexibility index (Phi) is 2.61. The topological polar surface area (TPSA) is 15.7 Å². The van der Waals surface area contributed by atoms with E-state index in [2.05, 4.69) is 44.7 Å². The van der Waals surface area contributed by atoms with Gasteiger partial charge in [-0.25, -0.2) is 0 Å². The van der Waals surface area contributed by atoms with Gasteiger partial charge in [0.1, 0.15) is 5.60 Å². The predicted octanol–water partition coefficient (Wildman–Crippen LogP) is 1.19. The van der Waals surface area contributed by atoms with Crippen molar-refractivity contribution in [3.8, 4) is 0 Å². The second-order valence-corrected chi connectivity index (χ2v) is 6.21. The van der Waals surface area contributed by atoms with E-state index in [0.717, 1.165) is 19.7 Å². The van der Waals surface area contributed by atoms with Crippen LogP contribution in [0, 0.1) is 0 Å². The van der Waals surface area contributed by atoms with Gasteiger partial charge in [0.25, 0.3) is 0 Å². The van der Waals surface area contributed by atoms with Gasteiger partial charge >= 0.3 is 0 Å². The highest BCUT2D eigenvalue weighted by Crippen LogP contribution is 2.40. The zero-order valence-corrected chi connectivity index (χ0v) is 10.7. The molecule has 2 aliphatic rings. The Morgan fingerprint density at radius 3 is 2.33 bits per heavy atom. The number of likely N-dealkylation sites (N-methyl/N-ethyl adjacent to an activating group) is 1. The molecule has 0 aromatic heterocycles. The third kappa shape index (κ3) is 1.81. The van der Waals surface area contributed by atoms with Crippen molar-refractivity contribution in [2.75, 3.05) is 33.8 Å². The first-order valence-corrected chi connectivity index (χ1v) is 5.91. The molecule has 2 fully saturated rings. The summed E-state index contributed by atoms with van der Waals surface area (Å²) in [6.45, 7) is 9.96. The van der Waals surface area contributed by atoms with Crippen LogP contribution < -0.4 is 0 Å². The minimum Gasteiger partial charge on any atom is -0.371 e. The molecule has 2 saturated heterocycles. The fourth-order valence-corrected chi connectivity index (χ4v) is 2.84. The highest BCUT2D eigenvalue weighted by molar-refractivity contribution is 5.10. The van der Waals surface area contributed by atoms with Gasteiger partial charge in [0.15, 0.2) is 0 Å². The maximum absolute atomic E-state index is 5.99. The van der Waals surface area contributed by atoms with E-state index < -0.39 is 0 Å². The summed E-state index contributed by atoms with van der Waals surface area (Å²) in [5.41, 5.74) is 0.421. The van der Waals surface area contributed by atoms with Gasteiger partial charge in [0.05, 0.1) is 0 Å². The summed E-state index contributed by atoms with van der Waals surface area (Å²) in [5, 5.41) is 0. The van der Waals surface area contributed by atoms with Gasteiger partial charge in [-0.1, -0.05) is 0 Å². The van der Waals surface area contributed by atoms with Crippen molar-refractivity contribution in [2.45, 2.75) is 44.4 Å². The first-order chi connectivity index (χ1) is 6.85. The lowest BCUT2D eigenvalue weighted by Gasteiger charge is -2.56. The van der Waals surface area contributed by atoms with Crippen LogP contribution in [0.15, 0.2) is 0 Å². The van der Waals surface area contributed by atoms with E-state index in [4.69, 9.17) is 4.74 Å². The van der Waals surface area contributed by atoms with Crippen LogP contribution in [-0.2, 0) is 4.74 Å². The Hall–Kier alpha value is -0.120. The summed E-state index contributed by atoms with van der Waals surface area (Å²) in [5.74, 6) is 0. The number of hydrogen-bond acceptors (Lipinski definition) is 3. The molecule has 88 valence electrons. The molecule has 0 N–H and O–H groups in total. The average Bonchev–Trinajstić information content (AvgIpc) is 2.41. The van der Waals surface area contributed by atoms with E-state index in [-0.39, 0.29) is 11.1 Å². The van der Waals surface area contributed by atoms with Crippen LogP contribution in [0.4, 0.5) is 0 Å². The summed E-state index contributed by atoms with van der Waals surface area (Å²) in [4.78, 5) is 4.84. The number of nitrogens with zero attached hydrogens (tertiary/aromatic N) is 2. The molecule has 3 heteroatoms. The molecule has 0 bridgehead atoms. The molecule has 0 unspecified atom stereocenters. The second-order valence-electron chi connectivity index (χ2n) is 6.21. The number of hydrogen-bond donors (Lipinski definition) is 0. The summed E-state index contributed by atoms with van der Waals surface area (Å²) in [7, 11) is 4.34. The van der Waals surface area contributed by atoms with E-state index in [1.807, 2.05) is 0 Å². The molecule has 2 heterocycles. The predicted molar refractivity (Wildman–Crippen MR) is 62.1 cm³/mol. The zero-order valence-electron chi connectivity index (χ0n) is 10.7. The Morgan fingerprint density at radius 1 is 1.27 bits per heavy atom. The zero-order chi connectivity index (χ0) is 11.3. The van der Waals surface area contributed by atoms with Crippen LogP contribution in [0.3, 0.4) is 0 Å². The number of likely N-dealkylation sites (tertiary alicyclic amines) is 1. The first-order valence-electron chi connectivity index (χ1n) is 5.91. The molecule has 0 saturated carbocycles. The van der Waals surface area contributed by atoms with Gasteiger partial charge in [-0.2, -0.15) is 0 Å². The lowest BCUT2D eigenvalue weighted by atomic mass is 9.82. The lowest BCUT2D eigenvalue weighted by molar-refractivity contribution is -0.161. The molecular weight excluding hydrogens is 188 g/mol. The standard InChI is InChI=1S/C12H24N2O/c1-11(2,3)14-8-12(9-14)10(13(4)5)6-7-15-12/h10H,6-9H2,1-5H3/t10-/m1/s1. The Morgan fingerprint density at radius 2 is 1.87 bits per heavy atom. The number of rotatable bonds is 1. The van der Waals surface area contributed by atoms with Crippen LogP contribution >= 0.6 is 0 Å². The van der Waals surface area contributed by atoms with E-state index >= 15 is 0 Å². The molecule has 1 atom stereocenters. The van der Waals surface area contributed by atoms with Gasteiger partial charge < -0.3 is 9.64 Å². The van der Waals surface area contributed by atoms with Gasteiger partial charge in [0.2, 0.25) is 0 Å². The summed E-state index contributed by atoms with van der Waals surface area (Å²) in [6, 6.07) is 0.608. The quantitative estimate of drug-likeness (QED) is 0.649. The van der Waals surface area contributed by atoms with Crippen molar-refractivity contribution in [2.24, 2.45) is 0 Å². The van der Waals surface area contributed by atoms with Crippen molar-refractivity contribution in [3.63, 3.8) is 0 Å². The normalized spacial score (nSPS) is 31.2. The van der Waals surface area contributed by atoms with E-state index in [1.54, 1.807) is 0 Å². The molecule has 2 rings (SSSR count). The van der Waals surface area contributed by atoms with Gasteiger partial charge in [0, 0.05) is 31.3 Å². The van der Waals surface area contributed by atoms with Crippen LogP contribution in [0.5, 0.6) is 0 Å². The van der Waals surface area contributed by atoms with Gasteiger partial charge in [-0.05, 0) is 41.3 Å². The summed E-state index contributed by atoms with van der Waals surface area (Å²) >= 11 is 0. The molecule has 0 aromatic carbocycles. The molecule has 0 aliphatic carbocycles. The molecule has 2 aliphatic heterocycles. The fourth-order valence-electron chi connectivity index (χ4n) is 2.84. The summed E-state index contributed by atoms with van der Waals surface area (Å²) in [6.07, 6.45) is 1.19. The van der Waals surface area contributed by atoms with Crippen molar-refractivity contribution < 1.29 is 4.74 Å². The smallest absolute Gasteiger partial charge is 0.109 e. The lowest BCUT2D eigenvalue weighted by Crippen LogP contribution is -2.72. The summed E-state index contributed by atoms with van der Waals surface area (Å²) < 4.78 is 5.99. The van der Waals surface area contributed by atoms with Crippen molar-refractivity contribution in [1.82, 2.24) is 9.80 Å². The largest absolute Gasteiger partial charge is 0.371 e. The number of ether oxygens (including phenoxy) is 1. The molecule has 0 amide bonds. The Labute approximate surface area is 93.4 Å². The SMILES string of the molecule is CN(C)[C@@H]1CCOC12CN(C(C)(C)C)C2. The van der Waals surface area contributed by atoms with Crippen LogP contribution in [0.25, 0.3) is 0 Å². The van der Waals surface area contributed by atoms with Crippen LogP contribution in [0.1, 0.15) is 27.2 Å². The Balaban J connectivity index is 2.01. The minimum absolute atomic E-state index is 0.136. The average molecular weight is 212 g/mol. The molecular formula is C12H24N2O. The van der Waals surface area contributed by atoms with Gasteiger partial charge in [-0.15, -0.1) is 0 Å². The first kappa shape index (κ1) is 11.4. The highest BCUT2D eigenvalue weighted by atomic mass is 16.5. The second kappa shape index (κ2) is 3.44. The van der Waals surface area contributed by atoms with E-state index in [0.29, 0.717) is 6.04 Å².